The highest BCUT2D eigenvalue weighted by Crippen LogP contribution is 2.40. The molecule has 1 N–H and O–H groups in total. The molecule has 144 valence electrons. The van der Waals surface area contributed by atoms with Gasteiger partial charge in [-0.1, -0.05) is 11.8 Å². The smallest absolute Gasteiger partial charge is 0.265 e. The molecule has 1 saturated heterocycles. The summed E-state index contributed by atoms with van der Waals surface area (Å²) in [7, 11) is 0. The third-order valence-electron chi connectivity index (χ3n) is 4.02. The van der Waals surface area contributed by atoms with Crippen LogP contribution in [0.5, 0.6) is 5.75 Å². The fourth-order valence-corrected chi connectivity index (χ4v) is 3.79. The number of nitriles is 1. The van der Waals surface area contributed by atoms with Crippen LogP contribution in [0, 0.1) is 11.3 Å². The molecule has 28 heavy (non-hydrogen) atoms. The maximum atomic E-state index is 12.7. The first-order valence-electron chi connectivity index (χ1n) is 8.73. The summed E-state index contributed by atoms with van der Waals surface area (Å²) in [6.07, 6.45) is 1.51. The number of anilines is 1. The van der Waals surface area contributed by atoms with Gasteiger partial charge in [0.1, 0.15) is 28.2 Å². The monoisotopic (exact) mass is 397 g/mol. The summed E-state index contributed by atoms with van der Waals surface area (Å²) in [4.78, 5) is 26.7. The Balaban J connectivity index is 1.89. The normalized spacial score (nSPS) is 18.0. The molecule has 2 aromatic rings. The molecule has 1 aromatic heterocycles. The fraction of sp³-hybridized carbons (Fsp3) is 0.250. The molecule has 1 aliphatic rings. The van der Waals surface area contributed by atoms with Gasteiger partial charge in [0.15, 0.2) is 0 Å². The first kappa shape index (κ1) is 19.6. The molecule has 1 fully saturated rings. The van der Waals surface area contributed by atoms with Crippen LogP contribution in [-0.4, -0.2) is 23.7 Å². The van der Waals surface area contributed by atoms with Crippen molar-refractivity contribution in [2.24, 2.45) is 0 Å². The fourth-order valence-electron chi connectivity index (χ4n) is 2.69. The highest BCUT2D eigenvalue weighted by atomic mass is 32.2. The van der Waals surface area contributed by atoms with E-state index in [1.807, 2.05) is 13.0 Å². The Morgan fingerprint density at radius 2 is 2.11 bits per heavy atom. The van der Waals surface area contributed by atoms with Crippen molar-refractivity contribution >= 4 is 29.3 Å². The van der Waals surface area contributed by atoms with E-state index in [1.165, 1.54) is 22.9 Å². The number of hydrogen-bond acceptors (Lipinski definition) is 6. The summed E-state index contributed by atoms with van der Waals surface area (Å²) in [6, 6.07) is 12.3. The third kappa shape index (κ3) is 4.05. The van der Waals surface area contributed by atoms with Gasteiger partial charge in [0.25, 0.3) is 5.91 Å². The zero-order valence-corrected chi connectivity index (χ0v) is 16.3. The number of carbonyl (C=O) groups is 2. The van der Waals surface area contributed by atoms with Crippen LogP contribution in [0.15, 0.2) is 57.7 Å². The lowest BCUT2D eigenvalue weighted by atomic mass is 10.2. The van der Waals surface area contributed by atoms with E-state index in [9.17, 15) is 14.9 Å². The van der Waals surface area contributed by atoms with Gasteiger partial charge in [-0.2, -0.15) is 5.26 Å². The van der Waals surface area contributed by atoms with E-state index in [2.05, 4.69) is 5.32 Å². The summed E-state index contributed by atoms with van der Waals surface area (Å²) in [5.74, 6) is 0.512. The molecule has 3 rings (SSSR count). The summed E-state index contributed by atoms with van der Waals surface area (Å²) >= 11 is 1.19. The van der Waals surface area contributed by atoms with Crippen LogP contribution >= 0.6 is 11.8 Å². The maximum Gasteiger partial charge on any atom is 0.265 e. The highest BCUT2D eigenvalue weighted by molar-refractivity contribution is 8.05. The summed E-state index contributed by atoms with van der Waals surface area (Å²) < 4.78 is 10.6. The van der Waals surface area contributed by atoms with E-state index >= 15 is 0 Å². The lowest BCUT2D eigenvalue weighted by molar-refractivity contribution is -0.117. The van der Waals surface area contributed by atoms with Crippen LogP contribution in [0.25, 0.3) is 0 Å². The number of rotatable bonds is 6. The van der Waals surface area contributed by atoms with Crippen LogP contribution in [-0.2, 0) is 16.1 Å². The quantitative estimate of drug-likeness (QED) is 0.594. The number of amides is 2. The molecule has 2 heterocycles. The highest BCUT2D eigenvalue weighted by Gasteiger charge is 2.38. The van der Waals surface area contributed by atoms with Crippen LogP contribution in [0.4, 0.5) is 5.69 Å². The Kier molecular flexibility index (Phi) is 6.06. The van der Waals surface area contributed by atoms with E-state index < -0.39 is 11.2 Å². The zero-order chi connectivity index (χ0) is 20.1. The molecule has 2 amide bonds. The second kappa shape index (κ2) is 8.67. The molecule has 1 unspecified atom stereocenters. The van der Waals surface area contributed by atoms with Gasteiger partial charge < -0.3 is 14.5 Å². The Labute approximate surface area is 166 Å². The lowest BCUT2D eigenvalue weighted by Gasteiger charge is -2.19. The molecule has 0 saturated carbocycles. The number of benzene rings is 1. The van der Waals surface area contributed by atoms with Gasteiger partial charge >= 0.3 is 0 Å². The van der Waals surface area contributed by atoms with Crippen molar-refractivity contribution in [1.82, 2.24) is 5.32 Å². The lowest BCUT2D eigenvalue weighted by Crippen LogP contribution is -2.30. The van der Waals surface area contributed by atoms with E-state index in [1.54, 1.807) is 43.3 Å². The predicted molar refractivity (Wildman–Crippen MR) is 105 cm³/mol. The Hall–Kier alpha value is -3.18. The average molecular weight is 397 g/mol. The van der Waals surface area contributed by atoms with Gasteiger partial charge in [-0.05, 0) is 50.2 Å². The zero-order valence-electron chi connectivity index (χ0n) is 15.5. The van der Waals surface area contributed by atoms with E-state index in [0.29, 0.717) is 28.8 Å². The van der Waals surface area contributed by atoms with Crippen LogP contribution < -0.4 is 15.0 Å². The van der Waals surface area contributed by atoms with Crippen molar-refractivity contribution < 1.29 is 18.7 Å². The summed E-state index contributed by atoms with van der Waals surface area (Å²) in [6.45, 7) is 4.32. The number of nitrogens with zero attached hydrogens (tertiary/aromatic N) is 2. The van der Waals surface area contributed by atoms with Gasteiger partial charge in [0.05, 0.1) is 24.7 Å². The number of furan rings is 1. The van der Waals surface area contributed by atoms with Gasteiger partial charge in [0.2, 0.25) is 5.91 Å². The molecule has 1 aliphatic heterocycles. The SMILES string of the molecule is CCOc1ccc(N2C(=O)C(C)S/C2=C(/C#N)C(=O)NCc2ccco2)cc1. The van der Waals surface area contributed by atoms with Gasteiger partial charge in [-0.3, -0.25) is 14.5 Å². The second-order valence-corrected chi connectivity index (χ2v) is 7.24. The number of hydrogen-bond donors (Lipinski definition) is 1. The predicted octanol–water partition coefficient (Wildman–Crippen LogP) is 3.20. The minimum atomic E-state index is -0.556. The van der Waals surface area contributed by atoms with E-state index in [-0.39, 0.29) is 18.0 Å². The second-order valence-electron chi connectivity index (χ2n) is 5.91. The van der Waals surface area contributed by atoms with Crippen molar-refractivity contribution in [1.29, 1.82) is 5.26 Å². The third-order valence-corrected chi connectivity index (χ3v) is 5.19. The molecule has 0 radical (unpaired) electrons. The van der Waals surface area contributed by atoms with Crippen molar-refractivity contribution in [3.8, 4) is 11.8 Å². The number of ether oxygens (including phenoxy) is 1. The summed E-state index contributed by atoms with van der Waals surface area (Å²) in [5.41, 5.74) is 0.468. The van der Waals surface area contributed by atoms with Gasteiger partial charge in [0, 0.05) is 5.69 Å². The van der Waals surface area contributed by atoms with Crippen molar-refractivity contribution in [2.45, 2.75) is 25.6 Å². The molecule has 1 atom stereocenters. The Morgan fingerprint density at radius 3 is 2.71 bits per heavy atom. The standard InChI is InChI=1S/C20H19N3O4S/c1-3-26-15-8-6-14(7-9-15)23-19(25)13(2)28-20(23)17(11-21)18(24)22-12-16-5-4-10-27-16/h4-10,13H,3,12H2,1-2H3,(H,22,24)/b20-17-. The van der Waals surface area contributed by atoms with Crippen molar-refractivity contribution in [3.05, 3.63) is 59.0 Å². The van der Waals surface area contributed by atoms with Crippen LogP contribution in [0.3, 0.4) is 0 Å². The topological polar surface area (TPSA) is 95.6 Å². The first-order valence-corrected chi connectivity index (χ1v) is 9.61. The largest absolute Gasteiger partial charge is 0.494 e. The molecule has 7 nitrogen and oxygen atoms in total. The summed E-state index contributed by atoms with van der Waals surface area (Å²) in [5, 5.41) is 12.2. The number of carbonyl (C=O) groups excluding carboxylic acids is 2. The molecular weight excluding hydrogens is 378 g/mol. The van der Waals surface area contributed by atoms with Crippen molar-refractivity contribution in [3.63, 3.8) is 0 Å². The van der Waals surface area contributed by atoms with Gasteiger partial charge in [-0.15, -0.1) is 0 Å². The van der Waals surface area contributed by atoms with Crippen LogP contribution in [0.1, 0.15) is 19.6 Å². The number of thioether (sulfide) groups is 1. The van der Waals surface area contributed by atoms with Crippen LogP contribution in [0.2, 0.25) is 0 Å². The molecule has 0 aliphatic carbocycles. The maximum absolute atomic E-state index is 12.7. The molecular formula is C20H19N3O4S. The molecule has 0 bridgehead atoms. The van der Waals surface area contributed by atoms with E-state index in [0.717, 1.165) is 0 Å². The number of nitrogens with one attached hydrogen (secondary N) is 1. The molecule has 1 aromatic carbocycles. The van der Waals surface area contributed by atoms with E-state index in [4.69, 9.17) is 9.15 Å². The Morgan fingerprint density at radius 1 is 1.36 bits per heavy atom. The Bertz CT molecular complexity index is 929. The van der Waals surface area contributed by atoms with Gasteiger partial charge in [-0.25, -0.2) is 0 Å². The minimum Gasteiger partial charge on any atom is -0.494 e. The minimum absolute atomic E-state index is 0.108. The average Bonchev–Trinajstić information content (AvgIpc) is 3.31. The van der Waals surface area contributed by atoms with Crippen molar-refractivity contribution in [2.75, 3.05) is 11.5 Å². The molecule has 0 spiro atoms. The molecule has 8 heteroatoms. The first-order chi connectivity index (χ1) is 13.5.